The van der Waals surface area contributed by atoms with Crippen LogP contribution in [0.15, 0.2) is 24.3 Å². The molecule has 0 fully saturated rings. The number of nitrogens with one attached hydrogen (secondary N) is 1. The number of para-hydroxylation sites is 1. The first-order valence-electron chi connectivity index (χ1n) is 5.95. The average Bonchev–Trinajstić information content (AvgIpc) is 2.71. The van der Waals surface area contributed by atoms with Gasteiger partial charge in [-0.3, -0.25) is 5.10 Å². The van der Waals surface area contributed by atoms with Crippen LogP contribution in [-0.2, 0) is 6.18 Å². The standard InChI is InChI=1S/C13H13F3N2O2/c1-3-19-12-11(8(2)17-18-12)20-10-7-5-4-6-9(10)13(14,15)16/h4-7H,3H2,1-2H3,(H,17,18). The number of rotatable bonds is 4. The summed E-state index contributed by atoms with van der Waals surface area (Å²) in [5, 5.41) is 6.46. The molecule has 1 aromatic carbocycles. The zero-order valence-electron chi connectivity index (χ0n) is 10.9. The van der Waals surface area contributed by atoms with Crippen LogP contribution in [0, 0.1) is 6.92 Å². The highest BCUT2D eigenvalue weighted by Gasteiger charge is 2.34. The lowest BCUT2D eigenvalue weighted by atomic mass is 10.2. The lowest BCUT2D eigenvalue weighted by Gasteiger charge is -2.13. The summed E-state index contributed by atoms with van der Waals surface area (Å²) in [6.07, 6.45) is -4.49. The van der Waals surface area contributed by atoms with E-state index < -0.39 is 11.7 Å². The Hall–Kier alpha value is -2.18. The van der Waals surface area contributed by atoms with Crippen molar-refractivity contribution in [3.63, 3.8) is 0 Å². The Bertz CT molecular complexity index is 594. The summed E-state index contributed by atoms with van der Waals surface area (Å²) in [7, 11) is 0. The van der Waals surface area contributed by atoms with Gasteiger partial charge in [-0.15, -0.1) is 5.10 Å². The Morgan fingerprint density at radius 3 is 2.60 bits per heavy atom. The van der Waals surface area contributed by atoms with E-state index >= 15 is 0 Å². The van der Waals surface area contributed by atoms with E-state index in [4.69, 9.17) is 9.47 Å². The fourth-order valence-corrected chi connectivity index (χ4v) is 1.65. The molecule has 2 aromatic rings. The third kappa shape index (κ3) is 2.87. The van der Waals surface area contributed by atoms with Gasteiger partial charge in [0.05, 0.1) is 17.9 Å². The van der Waals surface area contributed by atoms with Crippen LogP contribution in [0.3, 0.4) is 0 Å². The molecule has 0 aliphatic carbocycles. The third-order valence-corrected chi connectivity index (χ3v) is 2.55. The van der Waals surface area contributed by atoms with Crippen molar-refractivity contribution in [2.75, 3.05) is 6.61 Å². The third-order valence-electron chi connectivity index (χ3n) is 2.55. The Balaban J connectivity index is 2.38. The highest BCUT2D eigenvalue weighted by Crippen LogP contribution is 2.40. The summed E-state index contributed by atoms with van der Waals surface area (Å²) in [5.41, 5.74) is -0.353. The minimum absolute atomic E-state index is 0.141. The zero-order valence-corrected chi connectivity index (χ0v) is 10.9. The van der Waals surface area contributed by atoms with Crippen molar-refractivity contribution in [2.45, 2.75) is 20.0 Å². The fourth-order valence-electron chi connectivity index (χ4n) is 1.65. The molecule has 2 rings (SSSR count). The van der Waals surface area contributed by atoms with Crippen molar-refractivity contribution in [1.29, 1.82) is 0 Å². The van der Waals surface area contributed by atoms with Gasteiger partial charge in [0, 0.05) is 0 Å². The van der Waals surface area contributed by atoms with Crippen LogP contribution in [0.5, 0.6) is 17.4 Å². The highest BCUT2D eigenvalue weighted by atomic mass is 19.4. The highest BCUT2D eigenvalue weighted by molar-refractivity contribution is 5.44. The first-order valence-corrected chi connectivity index (χ1v) is 5.95. The maximum atomic E-state index is 12.9. The number of alkyl halides is 3. The summed E-state index contributed by atoms with van der Waals surface area (Å²) in [6, 6.07) is 5.00. The van der Waals surface area contributed by atoms with E-state index in [1.807, 2.05) is 0 Å². The van der Waals surface area contributed by atoms with E-state index in [2.05, 4.69) is 10.2 Å². The molecule has 0 aliphatic rings. The maximum absolute atomic E-state index is 12.9. The van der Waals surface area contributed by atoms with Crippen molar-refractivity contribution in [1.82, 2.24) is 10.2 Å². The van der Waals surface area contributed by atoms with E-state index in [9.17, 15) is 13.2 Å². The molecule has 0 unspecified atom stereocenters. The smallest absolute Gasteiger partial charge is 0.419 e. The largest absolute Gasteiger partial charge is 0.474 e. The number of nitrogens with zero attached hydrogens (tertiary/aromatic N) is 1. The molecule has 1 N–H and O–H groups in total. The van der Waals surface area contributed by atoms with E-state index in [1.165, 1.54) is 18.2 Å². The lowest BCUT2D eigenvalue weighted by Crippen LogP contribution is -2.07. The minimum Gasteiger partial charge on any atom is -0.474 e. The molecule has 1 heterocycles. The molecule has 4 nitrogen and oxygen atoms in total. The Labute approximate surface area is 113 Å². The summed E-state index contributed by atoms with van der Waals surface area (Å²) in [6.45, 7) is 3.72. The summed E-state index contributed by atoms with van der Waals surface area (Å²) < 4.78 is 49.2. The number of halogens is 3. The molecule has 1 aromatic heterocycles. The number of benzene rings is 1. The van der Waals surface area contributed by atoms with Gasteiger partial charge in [0.2, 0.25) is 5.75 Å². The van der Waals surface area contributed by atoms with Gasteiger partial charge >= 0.3 is 6.18 Å². The van der Waals surface area contributed by atoms with Crippen molar-refractivity contribution >= 4 is 0 Å². The van der Waals surface area contributed by atoms with Crippen LogP contribution in [-0.4, -0.2) is 16.8 Å². The van der Waals surface area contributed by atoms with Gasteiger partial charge in [-0.25, -0.2) is 0 Å². The average molecular weight is 286 g/mol. The van der Waals surface area contributed by atoms with Gasteiger partial charge in [-0.05, 0) is 26.0 Å². The zero-order chi connectivity index (χ0) is 14.8. The predicted octanol–water partition coefficient (Wildman–Crippen LogP) is 3.93. The number of H-pyrrole nitrogens is 1. The first-order chi connectivity index (χ1) is 9.43. The van der Waals surface area contributed by atoms with Gasteiger partial charge < -0.3 is 9.47 Å². The van der Waals surface area contributed by atoms with Crippen LogP contribution in [0.2, 0.25) is 0 Å². The number of aromatic amines is 1. The quantitative estimate of drug-likeness (QED) is 0.926. The summed E-state index contributed by atoms with van der Waals surface area (Å²) in [5.74, 6) is 0.0102. The van der Waals surface area contributed by atoms with Crippen LogP contribution in [0.25, 0.3) is 0 Å². The monoisotopic (exact) mass is 286 g/mol. The van der Waals surface area contributed by atoms with Gasteiger partial charge in [0.15, 0.2) is 0 Å². The number of aromatic nitrogens is 2. The molecule has 0 saturated heterocycles. The number of hydrogen-bond acceptors (Lipinski definition) is 3. The number of ether oxygens (including phenoxy) is 2. The lowest BCUT2D eigenvalue weighted by molar-refractivity contribution is -0.138. The van der Waals surface area contributed by atoms with E-state index in [0.29, 0.717) is 12.3 Å². The molecular formula is C13H13F3N2O2. The molecule has 20 heavy (non-hydrogen) atoms. The van der Waals surface area contributed by atoms with E-state index in [1.54, 1.807) is 13.8 Å². The topological polar surface area (TPSA) is 47.1 Å². The Kier molecular flexibility index (Phi) is 3.87. The number of hydrogen-bond donors (Lipinski definition) is 1. The van der Waals surface area contributed by atoms with Crippen molar-refractivity contribution in [3.05, 3.63) is 35.5 Å². The molecule has 0 atom stereocenters. The Morgan fingerprint density at radius 1 is 1.25 bits per heavy atom. The minimum atomic E-state index is -4.49. The Morgan fingerprint density at radius 2 is 1.95 bits per heavy atom. The fraction of sp³-hybridized carbons (Fsp3) is 0.308. The normalized spacial score (nSPS) is 11.4. The molecule has 0 aliphatic heterocycles. The van der Waals surface area contributed by atoms with Crippen LogP contribution >= 0.6 is 0 Å². The molecule has 0 amide bonds. The maximum Gasteiger partial charge on any atom is 0.419 e. The molecule has 0 spiro atoms. The van der Waals surface area contributed by atoms with Gasteiger partial charge in [0.1, 0.15) is 5.75 Å². The van der Waals surface area contributed by atoms with Gasteiger partial charge in [0.25, 0.3) is 5.88 Å². The van der Waals surface area contributed by atoms with Crippen molar-refractivity contribution in [2.24, 2.45) is 0 Å². The summed E-state index contributed by atoms with van der Waals surface area (Å²) >= 11 is 0. The van der Waals surface area contributed by atoms with Crippen molar-refractivity contribution in [3.8, 4) is 17.4 Å². The molecular weight excluding hydrogens is 273 g/mol. The SMILES string of the molecule is CCOc1n[nH]c(C)c1Oc1ccccc1C(F)(F)F. The second-order valence-electron chi connectivity index (χ2n) is 4.01. The number of aryl methyl sites for hydroxylation is 1. The van der Waals surface area contributed by atoms with Gasteiger partial charge in [-0.2, -0.15) is 13.2 Å². The first kappa shape index (κ1) is 14.2. The van der Waals surface area contributed by atoms with E-state index in [-0.39, 0.29) is 17.4 Å². The van der Waals surface area contributed by atoms with Crippen molar-refractivity contribution < 1.29 is 22.6 Å². The van der Waals surface area contributed by atoms with Crippen LogP contribution < -0.4 is 9.47 Å². The van der Waals surface area contributed by atoms with Crippen LogP contribution in [0.4, 0.5) is 13.2 Å². The van der Waals surface area contributed by atoms with E-state index in [0.717, 1.165) is 6.07 Å². The molecule has 0 bridgehead atoms. The van der Waals surface area contributed by atoms with Crippen LogP contribution in [0.1, 0.15) is 18.2 Å². The molecule has 7 heteroatoms. The molecule has 108 valence electrons. The second-order valence-corrected chi connectivity index (χ2v) is 4.01. The van der Waals surface area contributed by atoms with Gasteiger partial charge in [-0.1, -0.05) is 12.1 Å². The predicted molar refractivity (Wildman–Crippen MR) is 66.0 cm³/mol. The molecule has 0 saturated carbocycles. The second kappa shape index (κ2) is 5.44. The summed E-state index contributed by atoms with van der Waals surface area (Å²) in [4.78, 5) is 0. The molecule has 0 radical (unpaired) electrons.